The molecule has 1 saturated carbocycles. The molecule has 2 fully saturated rings. The van der Waals surface area contributed by atoms with Gasteiger partial charge in [0.05, 0.1) is 12.7 Å². The smallest absolute Gasteiger partial charge is 0.416 e. The summed E-state index contributed by atoms with van der Waals surface area (Å²) in [5.74, 6) is 6.13. The fourth-order valence-corrected chi connectivity index (χ4v) is 4.87. The van der Waals surface area contributed by atoms with Crippen LogP contribution in [0, 0.1) is 24.7 Å². The lowest BCUT2D eigenvalue weighted by Gasteiger charge is -2.33. The Morgan fingerprint density at radius 3 is 2.45 bits per heavy atom. The molecule has 2 heterocycles. The third-order valence-electron chi connectivity index (χ3n) is 7.77. The Balaban J connectivity index is 1.30. The number of aromatic nitrogens is 1. The van der Waals surface area contributed by atoms with Crippen molar-refractivity contribution in [2.75, 3.05) is 51.0 Å². The van der Waals surface area contributed by atoms with Crippen LogP contribution in [-0.2, 0) is 17.5 Å². The summed E-state index contributed by atoms with van der Waals surface area (Å²) in [5, 5.41) is 5.38. The summed E-state index contributed by atoms with van der Waals surface area (Å²) in [4.78, 5) is 33.6. The zero-order valence-electron chi connectivity index (χ0n) is 24.8. The van der Waals surface area contributed by atoms with Gasteiger partial charge in [-0.3, -0.25) is 14.5 Å². The third kappa shape index (κ3) is 7.75. The number of pyridine rings is 1. The van der Waals surface area contributed by atoms with E-state index < -0.39 is 17.6 Å². The maximum Gasteiger partial charge on any atom is 0.416 e. The molecule has 8 nitrogen and oxygen atoms in total. The van der Waals surface area contributed by atoms with Crippen molar-refractivity contribution in [3.63, 3.8) is 0 Å². The standard InChI is InChI=1S/C33H34F3N5O3/c1-21-4-6-25(17-24(21)7-5-22-16-29(44-3)30(37-19-22)39-31(42)23-8-9-23)32(43)38-27-11-10-26(28(18-27)33(34,35)36)20-41-14-12-40(2)13-15-41/h4,6,10-11,16-19,23H,8-9,12-15,20H2,1-3H3,(H,38,43)(H,37,39,42). The summed E-state index contributed by atoms with van der Waals surface area (Å²) in [6, 6.07) is 10.5. The monoisotopic (exact) mass is 605 g/mol. The van der Waals surface area contributed by atoms with E-state index in [1.54, 1.807) is 24.3 Å². The van der Waals surface area contributed by atoms with Crippen LogP contribution in [0.3, 0.4) is 0 Å². The first-order chi connectivity index (χ1) is 21.0. The van der Waals surface area contributed by atoms with Gasteiger partial charge >= 0.3 is 6.18 Å². The van der Waals surface area contributed by atoms with Crippen LogP contribution in [0.1, 0.15) is 51.0 Å². The zero-order chi connectivity index (χ0) is 31.4. The number of rotatable bonds is 7. The van der Waals surface area contributed by atoms with E-state index in [1.165, 1.54) is 25.4 Å². The van der Waals surface area contributed by atoms with E-state index in [-0.39, 0.29) is 35.2 Å². The molecule has 0 unspecified atom stereocenters. The minimum atomic E-state index is -4.56. The summed E-state index contributed by atoms with van der Waals surface area (Å²) in [6.07, 6.45) is -1.30. The normalized spacial score (nSPS) is 15.7. The van der Waals surface area contributed by atoms with Crippen LogP contribution in [0.2, 0.25) is 0 Å². The highest BCUT2D eigenvalue weighted by molar-refractivity contribution is 6.04. The Kier molecular flexibility index (Phi) is 9.22. The Morgan fingerprint density at radius 2 is 1.77 bits per heavy atom. The van der Waals surface area contributed by atoms with Crippen molar-refractivity contribution in [1.29, 1.82) is 0 Å². The number of carbonyl (C=O) groups excluding carboxylic acids is 2. The lowest BCUT2D eigenvalue weighted by Crippen LogP contribution is -2.44. The number of alkyl halides is 3. The van der Waals surface area contributed by atoms with Crippen LogP contribution in [0.15, 0.2) is 48.7 Å². The number of hydrogen-bond donors (Lipinski definition) is 2. The average Bonchev–Trinajstić information content (AvgIpc) is 3.84. The molecule has 3 aromatic rings. The number of hydrogen-bond acceptors (Lipinski definition) is 6. The molecule has 0 atom stereocenters. The Morgan fingerprint density at radius 1 is 1.02 bits per heavy atom. The molecule has 2 N–H and O–H groups in total. The molecule has 1 saturated heterocycles. The van der Waals surface area contributed by atoms with E-state index in [1.807, 2.05) is 18.9 Å². The van der Waals surface area contributed by atoms with Gasteiger partial charge in [0.2, 0.25) is 5.91 Å². The molecular weight excluding hydrogens is 571 g/mol. The number of methoxy groups -OCH3 is 1. The average molecular weight is 606 g/mol. The van der Waals surface area contributed by atoms with Crippen molar-refractivity contribution < 1.29 is 27.5 Å². The lowest BCUT2D eigenvalue weighted by molar-refractivity contribution is -0.138. The molecule has 0 bridgehead atoms. The molecule has 0 radical (unpaired) electrons. The van der Waals surface area contributed by atoms with Gasteiger partial charge in [0.25, 0.3) is 5.91 Å². The lowest BCUT2D eigenvalue weighted by atomic mass is 10.0. The van der Waals surface area contributed by atoms with E-state index in [0.29, 0.717) is 35.8 Å². The molecular formula is C33H34F3N5O3. The van der Waals surface area contributed by atoms with Crippen LogP contribution in [0.4, 0.5) is 24.7 Å². The summed E-state index contributed by atoms with van der Waals surface area (Å²) < 4.78 is 47.4. The number of nitrogens with zero attached hydrogens (tertiary/aromatic N) is 3. The third-order valence-corrected chi connectivity index (χ3v) is 7.77. The molecule has 230 valence electrons. The highest BCUT2D eigenvalue weighted by Crippen LogP contribution is 2.35. The summed E-state index contributed by atoms with van der Waals surface area (Å²) in [5.41, 5.74) is 1.66. The molecule has 5 rings (SSSR count). The second kappa shape index (κ2) is 13.1. The maximum absolute atomic E-state index is 14.0. The molecule has 2 amide bonds. The quantitative estimate of drug-likeness (QED) is 0.362. The number of amides is 2. The number of halogens is 3. The first-order valence-electron chi connectivity index (χ1n) is 14.4. The largest absolute Gasteiger partial charge is 0.493 e. The molecule has 2 aliphatic rings. The second-order valence-electron chi connectivity index (χ2n) is 11.2. The second-order valence-corrected chi connectivity index (χ2v) is 11.2. The van der Waals surface area contributed by atoms with Crippen LogP contribution >= 0.6 is 0 Å². The SMILES string of the molecule is COc1cc(C#Cc2cc(C(=O)Nc3ccc(CN4CCN(C)CC4)c(C(F)(F)F)c3)ccc2C)cnc1NC(=O)C1CC1. The van der Waals surface area contributed by atoms with Gasteiger partial charge in [-0.25, -0.2) is 4.98 Å². The zero-order valence-corrected chi connectivity index (χ0v) is 24.8. The van der Waals surface area contributed by atoms with Crippen molar-refractivity contribution in [2.24, 2.45) is 5.92 Å². The van der Waals surface area contributed by atoms with Gasteiger partial charge < -0.3 is 20.3 Å². The number of benzene rings is 2. The minimum absolute atomic E-state index is 0.0200. The first-order valence-corrected chi connectivity index (χ1v) is 14.4. The van der Waals surface area contributed by atoms with Crippen molar-refractivity contribution >= 4 is 23.3 Å². The molecule has 11 heteroatoms. The number of carbonyl (C=O) groups is 2. The van der Waals surface area contributed by atoms with Gasteiger partial charge in [0, 0.05) is 73.3 Å². The van der Waals surface area contributed by atoms with Gasteiger partial charge in [0.1, 0.15) is 0 Å². The van der Waals surface area contributed by atoms with Crippen molar-refractivity contribution in [1.82, 2.24) is 14.8 Å². The van der Waals surface area contributed by atoms with Gasteiger partial charge in [-0.05, 0) is 62.2 Å². The van der Waals surface area contributed by atoms with E-state index in [9.17, 15) is 22.8 Å². The fraction of sp³-hybridized carbons (Fsp3) is 0.364. The summed E-state index contributed by atoms with van der Waals surface area (Å²) >= 11 is 0. The Bertz CT molecular complexity index is 1620. The number of piperazine rings is 1. The van der Waals surface area contributed by atoms with E-state index in [2.05, 4.69) is 32.4 Å². The molecule has 0 spiro atoms. The summed E-state index contributed by atoms with van der Waals surface area (Å²) in [7, 11) is 3.47. The highest BCUT2D eigenvalue weighted by Gasteiger charge is 2.34. The van der Waals surface area contributed by atoms with Crippen LogP contribution in [0.5, 0.6) is 5.75 Å². The minimum Gasteiger partial charge on any atom is -0.493 e. The molecule has 1 aliphatic carbocycles. The Labute approximate surface area is 254 Å². The highest BCUT2D eigenvalue weighted by atomic mass is 19.4. The number of anilines is 2. The van der Waals surface area contributed by atoms with Gasteiger partial charge in [0.15, 0.2) is 11.6 Å². The predicted octanol–water partition coefficient (Wildman–Crippen LogP) is 5.17. The maximum atomic E-state index is 14.0. The van der Waals surface area contributed by atoms with Crippen LogP contribution < -0.4 is 15.4 Å². The number of nitrogens with one attached hydrogen (secondary N) is 2. The Hall–Kier alpha value is -4.40. The molecule has 44 heavy (non-hydrogen) atoms. The van der Waals surface area contributed by atoms with Crippen molar-refractivity contribution in [2.45, 2.75) is 32.5 Å². The predicted molar refractivity (Wildman–Crippen MR) is 161 cm³/mol. The number of ether oxygens (including phenoxy) is 1. The van der Waals surface area contributed by atoms with E-state index in [0.717, 1.165) is 37.6 Å². The number of likely N-dealkylation sites (N-methyl/N-ethyl adjacent to an activating group) is 1. The molecule has 2 aromatic carbocycles. The van der Waals surface area contributed by atoms with Crippen LogP contribution in [-0.4, -0.2) is 66.9 Å². The van der Waals surface area contributed by atoms with Gasteiger partial charge in [-0.15, -0.1) is 0 Å². The molecule has 1 aliphatic heterocycles. The summed E-state index contributed by atoms with van der Waals surface area (Å²) in [6.45, 7) is 5.02. The van der Waals surface area contributed by atoms with Crippen molar-refractivity contribution in [3.8, 4) is 17.6 Å². The van der Waals surface area contributed by atoms with E-state index in [4.69, 9.17) is 4.74 Å². The fourth-order valence-electron chi connectivity index (χ4n) is 4.87. The van der Waals surface area contributed by atoms with Gasteiger partial charge in [-0.2, -0.15) is 13.2 Å². The van der Waals surface area contributed by atoms with Crippen LogP contribution in [0.25, 0.3) is 0 Å². The van der Waals surface area contributed by atoms with Gasteiger partial charge in [-0.1, -0.05) is 24.0 Å². The van der Waals surface area contributed by atoms with E-state index >= 15 is 0 Å². The first kappa shape index (κ1) is 31.0. The van der Waals surface area contributed by atoms with Crippen molar-refractivity contribution in [3.05, 3.63) is 82.0 Å². The number of aryl methyl sites for hydroxylation is 1. The molecule has 1 aromatic heterocycles. The topological polar surface area (TPSA) is 86.8 Å².